The maximum Gasteiger partial charge on any atom is 0.248 e. The van der Waals surface area contributed by atoms with E-state index < -0.39 is 5.91 Å². The molecule has 130 valence electrons. The van der Waals surface area contributed by atoms with Gasteiger partial charge in [0, 0.05) is 24.3 Å². The minimum Gasteiger partial charge on any atom is -0.376 e. The molecule has 1 fully saturated rings. The molecule has 2 amide bonds. The molecule has 0 saturated carbocycles. The molecule has 6 nitrogen and oxygen atoms in total. The third-order valence-electron chi connectivity index (χ3n) is 4.23. The van der Waals surface area contributed by atoms with Crippen molar-refractivity contribution in [2.45, 2.75) is 12.8 Å². The molecule has 0 atom stereocenters. The Balaban J connectivity index is 1.73. The molecular formula is C19H22N4O2. The van der Waals surface area contributed by atoms with Gasteiger partial charge >= 0.3 is 0 Å². The topological polar surface area (TPSA) is 87.5 Å². The molecule has 0 aromatic heterocycles. The van der Waals surface area contributed by atoms with Crippen molar-refractivity contribution in [3.63, 3.8) is 0 Å². The number of carbonyl (C=O) groups excluding carboxylic acids is 2. The lowest BCUT2D eigenvalue weighted by Crippen LogP contribution is -2.25. The molecule has 2 aromatic rings. The van der Waals surface area contributed by atoms with Crippen LogP contribution in [0.25, 0.3) is 0 Å². The second-order valence-corrected chi connectivity index (χ2v) is 6.06. The molecule has 0 radical (unpaired) electrons. The van der Waals surface area contributed by atoms with Gasteiger partial charge < -0.3 is 21.3 Å². The number of benzene rings is 2. The van der Waals surface area contributed by atoms with Crippen LogP contribution in [0.3, 0.4) is 0 Å². The highest BCUT2D eigenvalue weighted by Crippen LogP contribution is 2.30. The zero-order valence-corrected chi connectivity index (χ0v) is 14.0. The summed E-state index contributed by atoms with van der Waals surface area (Å²) in [4.78, 5) is 26.0. The van der Waals surface area contributed by atoms with Crippen molar-refractivity contribution < 1.29 is 9.59 Å². The maximum atomic E-state index is 12.3. The minimum absolute atomic E-state index is 0.143. The standard InChI is InChI=1S/C19H22N4O2/c20-19(25)14-8-9-17(23-10-4-5-11-23)16(12-14)22-18(24)13-21-15-6-2-1-3-7-15/h1-3,6-9,12,21H,4-5,10-11,13H2,(H2,20,25)(H,22,24). The molecule has 4 N–H and O–H groups in total. The summed E-state index contributed by atoms with van der Waals surface area (Å²) in [5.74, 6) is -0.684. The first-order valence-electron chi connectivity index (χ1n) is 8.41. The van der Waals surface area contributed by atoms with Crippen LogP contribution in [0.2, 0.25) is 0 Å². The first kappa shape index (κ1) is 16.8. The second-order valence-electron chi connectivity index (χ2n) is 6.06. The van der Waals surface area contributed by atoms with Crippen LogP contribution >= 0.6 is 0 Å². The van der Waals surface area contributed by atoms with Gasteiger partial charge in [-0.1, -0.05) is 18.2 Å². The summed E-state index contributed by atoms with van der Waals surface area (Å²) >= 11 is 0. The van der Waals surface area contributed by atoms with Gasteiger partial charge in [0.2, 0.25) is 11.8 Å². The smallest absolute Gasteiger partial charge is 0.248 e. The zero-order chi connectivity index (χ0) is 17.6. The SMILES string of the molecule is NC(=O)c1ccc(N2CCCC2)c(NC(=O)CNc2ccccc2)c1. The zero-order valence-electron chi connectivity index (χ0n) is 14.0. The van der Waals surface area contributed by atoms with Crippen LogP contribution in [0, 0.1) is 0 Å². The van der Waals surface area contributed by atoms with Gasteiger partial charge in [-0.15, -0.1) is 0 Å². The van der Waals surface area contributed by atoms with Crippen molar-refractivity contribution in [1.29, 1.82) is 0 Å². The van der Waals surface area contributed by atoms with E-state index in [9.17, 15) is 9.59 Å². The fourth-order valence-electron chi connectivity index (χ4n) is 2.96. The Hall–Kier alpha value is -3.02. The van der Waals surface area contributed by atoms with Crippen molar-refractivity contribution in [3.8, 4) is 0 Å². The second kappa shape index (κ2) is 7.70. The average Bonchev–Trinajstić information content (AvgIpc) is 3.15. The van der Waals surface area contributed by atoms with E-state index in [0.717, 1.165) is 37.3 Å². The van der Waals surface area contributed by atoms with E-state index in [-0.39, 0.29) is 12.5 Å². The monoisotopic (exact) mass is 338 g/mol. The highest BCUT2D eigenvalue weighted by Gasteiger charge is 2.18. The van der Waals surface area contributed by atoms with Gasteiger partial charge in [-0.25, -0.2) is 0 Å². The van der Waals surface area contributed by atoms with Gasteiger partial charge in [0.15, 0.2) is 0 Å². The van der Waals surface area contributed by atoms with Crippen LogP contribution in [-0.4, -0.2) is 31.4 Å². The van der Waals surface area contributed by atoms with Crippen LogP contribution in [0.5, 0.6) is 0 Å². The van der Waals surface area contributed by atoms with Crippen LogP contribution < -0.4 is 21.3 Å². The number of nitrogens with two attached hydrogens (primary N) is 1. The highest BCUT2D eigenvalue weighted by atomic mass is 16.2. The van der Waals surface area contributed by atoms with E-state index in [1.807, 2.05) is 36.4 Å². The van der Waals surface area contributed by atoms with Crippen molar-refractivity contribution in [1.82, 2.24) is 0 Å². The van der Waals surface area contributed by atoms with Gasteiger partial charge in [0.25, 0.3) is 0 Å². The molecule has 1 aliphatic rings. The summed E-state index contributed by atoms with van der Waals surface area (Å²) in [6.45, 7) is 2.03. The molecule has 1 aliphatic heterocycles. The van der Waals surface area contributed by atoms with Crippen LogP contribution in [0.1, 0.15) is 23.2 Å². The van der Waals surface area contributed by atoms with Crippen molar-refractivity contribution in [2.75, 3.05) is 35.2 Å². The van der Waals surface area contributed by atoms with Crippen LogP contribution in [0.4, 0.5) is 17.1 Å². The number of nitrogens with zero attached hydrogens (tertiary/aromatic N) is 1. The Morgan fingerprint density at radius 2 is 1.76 bits per heavy atom. The Labute approximate surface area is 147 Å². The highest BCUT2D eigenvalue weighted by molar-refractivity contribution is 6.00. The predicted molar refractivity (Wildman–Crippen MR) is 100.0 cm³/mol. The molecule has 2 aromatic carbocycles. The third-order valence-corrected chi connectivity index (χ3v) is 4.23. The van der Waals surface area contributed by atoms with E-state index in [2.05, 4.69) is 15.5 Å². The summed E-state index contributed by atoms with van der Waals surface area (Å²) < 4.78 is 0. The number of anilines is 3. The first-order chi connectivity index (χ1) is 12.1. The Kier molecular flexibility index (Phi) is 5.18. The van der Waals surface area contributed by atoms with E-state index in [0.29, 0.717) is 11.3 Å². The van der Waals surface area contributed by atoms with E-state index in [1.54, 1.807) is 12.1 Å². The van der Waals surface area contributed by atoms with Gasteiger partial charge in [-0.3, -0.25) is 9.59 Å². The molecule has 1 saturated heterocycles. The largest absolute Gasteiger partial charge is 0.376 e. The summed E-state index contributed by atoms with van der Waals surface area (Å²) in [5, 5.41) is 5.98. The molecule has 6 heteroatoms. The fraction of sp³-hybridized carbons (Fsp3) is 0.263. The molecule has 0 spiro atoms. The summed E-state index contributed by atoms with van der Waals surface area (Å²) in [6.07, 6.45) is 2.25. The summed E-state index contributed by atoms with van der Waals surface area (Å²) in [5.41, 5.74) is 8.19. The Morgan fingerprint density at radius 1 is 1.04 bits per heavy atom. The number of hydrogen-bond donors (Lipinski definition) is 3. The number of carbonyl (C=O) groups is 2. The molecular weight excluding hydrogens is 316 g/mol. The van der Waals surface area contributed by atoms with Gasteiger partial charge in [0.1, 0.15) is 0 Å². The van der Waals surface area contributed by atoms with Crippen LogP contribution in [0.15, 0.2) is 48.5 Å². The fourth-order valence-corrected chi connectivity index (χ4v) is 2.96. The van der Waals surface area contributed by atoms with Crippen molar-refractivity contribution >= 4 is 28.9 Å². The average molecular weight is 338 g/mol. The van der Waals surface area contributed by atoms with Gasteiger partial charge in [0.05, 0.1) is 17.9 Å². The Bertz CT molecular complexity index is 755. The van der Waals surface area contributed by atoms with E-state index in [1.165, 1.54) is 0 Å². The molecule has 25 heavy (non-hydrogen) atoms. The van der Waals surface area contributed by atoms with E-state index in [4.69, 9.17) is 5.73 Å². The molecule has 0 aliphatic carbocycles. The summed E-state index contributed by atoms with van der Waals surface area (Å²) in [7, 11) is 0. The predicted octanol–water partition coefficient (Wildman–Crippen LogP) is 2.44. The molecule has 0 bridgehead atoms. The lowest BCUT2D eigenvalue weighted by molar-refractivity contribution is -0.114. The number of primary amides is 1. The number of hydrogen-bond acceptors (Lipinski definition) is 4. The van der Waals surface area contributed by atoms with Gasteiger partial charge in [-0.2, -0.15) is 0 Å². The lowest BCUT2D eigenvalue weighted by atomic mass is 10.1. The van der Waals surface area contributed by atoms with Crippen molar-refractivity contribution in [3.05, 3.63) is 54.1 Å². The van der Waals surface area contributed by atoms with Crippen LogP contribution in [-0.2, 0) is 4.79 Å². The minimum atomic E-state index is -0.508. The number of amides is 2. The Morgan fingerprint density at radius 3 is 2.44 bits per heavy atom. The number of rotatable bonds is 6. The van der Waals surface area contributed by atoms with E-state index >= 15 is 0 Å². The quantitative estimate of drug-likeness (QED) is 0.755. The third kappa shape index (κ3) is 4.29. The summed E-state index contributed by atoms with van der Waals surface area (Å²) in [6, 6.07) is 14.7. The first-order valence-corrected chi connectivity index (χ1v) is 8.41. The molecule has 0 unspecified atom stereocenters. The van der Waals surface area contributed by atoms with Crippen molar-refractivity contribution in [2.24, 2.45) is 5.73 Å². The number of para-hydroxylation sites is 1. The normalized spacial score (nSPS) is 13.5. The lowest BCUT2D eigenvalue weighted by Gasteiger charge is -2.22. The molecule has 1 heterocycles. The molecule has 3 rings (SSSR count). The maximum absolute atomic E-state index is 12.3. The number of nitrogens with one attached hydrogen (secondary N) is 2. The van der Waals surface area contributed by atoms with Gasteiger partial charge in [-0.05, 0) is 43.2 Å².